The lowest BCUT2D eigenvalue weighted by Gasteiger charge is -2.21. The van der Waals surface area contributed by atoms with E-state index in [2.05, 4.69) is 25.5 Å². The smallest absolute Gasteiger partial charge is 0.233 e. The average molecular weight is 379 g/mol. The van der Waals surface area contributed by atoms with Crippen LogP contribution in [0.5, 0.6) is 0 Å². The summed E-state index contributed by atoms with van der Waals surface area (Å²) in [6, 6.07) is 4.30. The first-order valence-corrected chi connectivity index (χ1v) is 10.3. The van der Waals surface area contributed by atoms with Crippen LogP contribution in [0.15, 0.2) is 17.5 Å². The number of carbonyl (C=O) groups excluding carboxylic acids is 3. The molecule has 0 unspecified atom stereocenters. The van der Waals surface area contributed by atoms with Gasteiger partial charge in [0.2, 0.25) is 17.7 Å². The van der Waals surface area contributed by atoms with Crippen molar-refractivity contribution < 1.29 is 19.3 Å². The number of hydrogen-bond acceptors (Lipinski definition) is 4. The molecule has 2 aliphatic rings. The van der Waals surface area contributed by atoms with E-state index in [4.69, 9.17) is 0 Å². The van der Waals surface area contributed by atoms with Crippen molar-refractivity contribution in [2.75, 3.05) is 27.2 Å². The van der Waals surface area contributed by atoms with Crippen molar-refractivity contribution in [3.63, 3.8) is 0 Å². The number of likely N-dealkylation sites (N-methyl/N-ethyl adjacent to an activating group) is 1. The second kappa shape index (κ2) is 8.31. The van der Waals surface area contributed by atoms with Crippen molar-refractivity contribution in [3.05, 3.63) is 22.4 Å². The summed E-state index contributed by atoms with van der Waals surface area (Å²) in [5, 5.41) is 5.01. The molecule has 1 saturated carbocycles. The molecule has 2 fully saturated rings. The second-order valence-corrected chi connectivity index (χ2v) is 8.50. The molecule has 3 amide bonds. The summed E-state index contributed by atoms with van der Waals surface area (Å²) in [5.41, 5.74) is 0. The number of imide groups is 1. The predicted molar refractivity (Wildman–Crippen MR) is 99.7 cm³/mol. The van der Waals surface area contributed by atoms with Gasteiger partial charge < -0.3 is 10.2 Å². The molecular formula is C19H28N3O3S+. The lowest BCUT2D eigenvalue weighted by atomic mass is 9.81. The van der Waals surface area contributed by atoms with Gasteiger partial charge in [0.25, 0.3) is 0 Å². The quantitative estimate of drug-likeness (QED) is 0.683. The number of quaternary nitrogens is 1. The van der Waals surface area contributed by atoms with Crippen molar-refractivity contribution in [1.82, 2.24) is 10.2 Å². The van der Waals surface area contributed by atoms with E-state index >= 15 is 0 Å². The minimum atomic E-state index is -0.139. The highest BCUT2D eigenvalue weighted by atomic mass is 32.1. The van der Waals surface area contributed by atoms with Crippen LogP contribution in [0.4, 0.5) is 0 Å². The van der Waals surface area contributed by atoms with Gasteiger partial charge in [-0.3, -0.25) is 19.3 Å². The zero-order chi connectivity index (χ0) is 18.7. The fourth-order valence-electron chi connectivity index (χ4n) is 4.05. The van der Waals surface area contributed by atoms with Gasteiger partial charge in [0.1, 0.15) is 6.04 Å². The number of hydrogen-bond donors (Lipinski definition) is 2. The molecule has 6 nitrogen and oxygen atoms in total. The third-order valence-electron chi connectivity index (χ3n) is 5.58. The first-order valence-electron chi connectivity index (χ1n) is 9.44. The minimum Gasteiger partial charge on any atom is -0.350 e. The van der Waals surface area contributed by atoms with E-state index in [9.17, 15) is 14.4 Å². The normalized spacial score (nSPS) is 24.0. The SMILES string of the molecule is C[NH+](C)[C@H](CNC(=O)CCN1C(=O)[C@H]2CCCC[C@@H]2C1=O)c1cccs1. The largest absolute Gasteiger partial charge is 0.350 e. The molecule has 1 aliphatic carbocycles. The number of amides is 3. The molecule has 1 aromatic rings. The fourth-order valence-corrected chi connectivity index (χ4v) is 5.00. The van der Waals surface area contributed by atoms with E-state index in [-0.39, 0.29) is 48.6 Å². The molecule has 1 saturated heterocycles. The van der Waals surface area contributed by atoms with E-state index in [1.165, 1.54) is 14.7 Å². The number of thiophene rings is 1. The molecule has 0 aromatic carbocycles. The summed E-state index contributed by atoms with van der Waals surface area (Å²) in [4.78, 5) is 41.0. The zero-order valence-corrected chi connectivity index (χ0v) is 16.3. The third kappa shape index (κ3) is 3.99. The van der Waals surface area contributed by atoms with Gasteiger partial charge in [-0.25, -0.2) is 0 Å². The monoisotopic (exact) mass is 378 g/mol. The summed E-state index contributed by atoms with van der Waals surface area (Å²) in [7, 11) is 4.14. The predicted octanol–water partition coefficient (Wildman–Crippen LogP) is 0.615. The van der Waals surface area contributed by atoms with Crippen LogP contribution in [0.2, 0.25) is 0 Å². The Morgan fingerprint density at radius 1 is 1.27 bits per heavy atom. The van der Waals surface area contributed by atoms with Crippen molar-refractivity contribution in [2.45, 2.75) is 38.1 Å². The molecule has 3 atom stereocenters. The van der Waals surface area contributed by atoms with Gasteiger partial charge in [-0.2, -0.15) is 0 Å². The number of fused-ring (bicyclic) bond motifs is 1. The van der Waals surface area contributed by atoms with Crippen LogP contribution < -0.4 is 10.2 Å². The highest BCUT2D eigenvalue weighted by Gasteiger charge is 2.47. The standard InChI is InChI=1S/C19H27N3O3S/c1-21(2)15(16-8-5-11-26-16)12-20-17(23)9-10-22-18(24)13-6-3-4-7-14(13)19(22)25/h5,8,11,13-15H,3-4,6-7,9-10,12H2,1-2H3,(H,20,23)/p+1/t13-,14-,15+/m0/s1. The highest BCUT2D eigenvalue weighted by molar-refractivity contribution is 7.10. The molecule has 1 aromatic heterocycles. The van der Waals surface area contributed by atoms with Crippen LogP contribution in [0, 0.1) is 11.8 Å². The van der Waals surface area contributed by atoms with Gasteiger partial charge in [-0.15, -0.1) is 11.3 Å². The Morgan fingerprint density at radius 2 is 1.92 bits per heavy atom. The van der Waals surface area contributed by atoms with E-state index in [1.807, 2.05) is 11.4 Å². The Balaban J connectivity index is 1.49. The molecule has 2 heterocycles. The Hall–Kier alpha value is -1.73. The third-order valence-corrected chi connectivity index (χ3v) is 6.57. The molecule has 2 N–H and O–H groups in total. The van der Waals surface area contributed by atoms with Crippen molar-refractivity contribution in [2.24, 2.45) is 11.8 Å². The molecule has 26 heavy (non-hydrogen) atoms. The van der Waals surface area contributed by atoms with Crippen molar-refractivity contribution in [1.29, 1.82) is 0 Å². The van der Waals surface area contributed by atoms with Crippen LogP contribution in [0.3, 0.4) is 0 Å². The first kappa shape index (κ1) is 19.0. The van der Waals surface area contributed by atoms with E-state index < -0.39 is 0 Å². The summed E-state index contributed by atoms with van der Waals surface area (Å²) < 4.78 is 0. The molecular weight excluding hydrogens is 350 g/mol. The van der Waals surface area contributed by atoms with E-state index in [1.54, 1.807) is 11.3 Å². The number of likely N-dealkylation sites (tertiary alicyclic amines) is 1. The lowest BCUT2D eigenvalue weighted by molar-refractivity contribution is -0.890. The van der Waals surface area contributed by atoms with Crippen LogP contribution in [-0.2, 0) is 14.4 Å². The summed E-state index contributed by atoms with van der Waals surface area (Å²) in [6.07, 6.45) is 3.84. The van der Waals surface area contributed by atoms with Gasteiger partial charge in [-0.1, -0.05) is 18.9 Å². The number of rotatable bonds is 7. The van der Waals surface area contributed by atoms with Gasteiger partial charge in [0, 0.05) is 13.0 Å². The molecule has 142 valence electrons. The van der Waals surface area contributed by atoms with E-state index in [0.717, 1.165) is 25.7 Å². The topological polar surface area (TPSA) is 70.9 Å². The fraction of sp³-hybridized carbons (Fsp3) is 0.632. The number of carbonyl (C=O) groups is 3. The maximum atomic E-state index is 12.4. The van der Waals surface area contributed by atoms with Gasteiger partial charge >= 0.3 is 0 Å². The van der Waals surface area contributed by atoms with E-state index in [0.29, 0.717) is 6.54 Å². The van der Waals surface area contributed by atoms with Crippen LogP contribution >= 0.6 is 11.3 Å². The van der Waals surface area contributed by atoms with Gasteiger partial charge in [0.05, 0.1) is 37.4 Å². The maximum absolute atomic E-state index is 12.4. The van der Waals surface area contributed by atoms with Crippen LogP contribution in [0.1, 0.15) is 43.0 Å². The van der Waals surface area contributed by atoms with Gasteiger partial charge in [0.15, 0.2) is 0 Å². The zero-order valence-electron chi connectivity index (χ0n) is 15.5. The molecule has 0 spiro atoms. The lowest BCUT2D eigenvalue weighted by Crippen LogP contribution is -3.06. The second-order valence-electron chi connectivity index (χ2n) is 7.52. The maximum Gasteiger partial charge on any atom is 0.233 e. The summed E-state index contributed by atoms with van der Waals surface area (Å²) >= 11 is 1.69. The molecule has 0 bridgehead atoms. The first-order chi connectivity index (χ1) is 12.5. The summed E-state index contributed by atoms with van der Waals surface area (Å²) in [6.45, 7) is 0.754. The summed E-state index contributed by atoms with van der Waals surface area (Å²) in [5.74, 6) is -0.522. The Labute approximate surface area is 158 Å². The van der Waals surface area contributed by atoms with Crippen LogP contribution in [0.25, 0.3) is 0 Å². The highest BCUT2D eigenvalue weighted by Crippen LogP contribution is 2.37. The molecule has 0 radical (unpaired) electrons. The Kier molecular flexibility index (Phi) is 6.09. The minimum absolute atomic E-state index is 0.0679. The number of nitrogens with zero attached hydrogens (tertiary/aromatic N) is 1. The molecule has 3 rings (SSSR count). The average Bonchev–Trinajstić information content (AvgIpc) is 3.22. The Morgan fingerprint density at radius 3 is 2.46 bits per heavy atom. The van der Waals surface area contributed by atoms with Gasteiger partial charge in [-0.05, 0) is 24.3 Å². The van der Waals surface area contributed by atoms with Crippen molar-refractivity contribution in [3.8, 4) is 0 Å². The van der Waals surface area contributed by atoms with Crippen molar-refractivity contribution >= 4 is 29.1 Å². The Bertz CT molecular complexity index is 635. The molecule has 7 heteroatoms. The van der Waals surface area contributed by atoms with Crippen LogP contribution in [-0.4, -0.2) is 49.8 Å². The molecule has 1 aliphatic heterocycles. The number of nitrogens with one attached hydrogen (secondary N) is 2.